The molecule has 0 bridgehead atoms. The molecule has 0 spiro atoms. The number of benzene rings is 1. The lowest BCUT2D eigenvalue weighted by Crippen LogP contribution is -2.44. The average Bonchev–Trinajstić information content (AvgIpc) is 2.45. The third-order valence-electron chi connectivity index (χ3n) is 3.90. The third kappa shape index (κ3) is 5.38. The molecule has 0 aliphatic carbocycles. The van der Waals surface area contributed by atoms with E-state index >= 15 is 0 Å². The first-order chi connectivity index (χ1) is 9.90. The van der Waals surface area contributed by atoms with E-state index in [1.165, 1.54) is 0 Å². The summed E-state index contributed by atoms with van der Waals surface area (Å²) in [6, 6.07) is 5.98. The van der Waals surface area contributed by atoms with Gasteiger partial charge in [0, 0.05) is 21.5 Å². The quantitative estimate of drug-likeness (QED) is 0.714. The molecule has 1 N–H and O–H groups in total. The van der Waals surface area contributed by atoms with E-state index in [4.69, 9.17) is 0 Å². The second-order valence-electron chi connectivity index (χ2n) is 5.44. The molecule has 0 fully saturated rings. The van der Waals surface area contributed by atoms with E-state index in [1.807, 2.05) is 18.2 Å². The van der Waals surface area contributed by atoms with Crippen LogP contribution in [0.25, 0.3) is 0 Å². The van der Waals surface area contributed by atoms with Crippen LogP contribution < -0.4 is 5.32 Å². The number of hydrogen-bond acceptors (Lipinski definition) is 2. The topological polar surface area (TPSA) is 32.3 Å². The zero-order chi connectivity index (χ0) is 16.0. The molecular weight excluding hydrogens is 396 g/mol. The van der Waals surface area contributed by atoms with Gasteiger partial charge >= 0.3 is 0 Å². The highest BCUT2D eigenvalue weighted by molar-refractivity contribution is 9.11. The molecule has 0 aliphatic heterocycles. The van der Waals surface area contributed by atoms with Crippen LogP contribution in [0.15, 0.2) is 27.1 Å². The highest BCUT2D eigenvalue weighted by Gasteiger charge is 2.21. The fourth-order valence-corrected chi connectivity index (χ4v) is 3.36. The molecule has 0 aromatic heterocycles. The van der Waals surface area contributed by atoms with Gasteiger partial charge < -0.3 is 10.2 Å². The summed E-state index contributed by atoms with van der Waals surface area (Å²) >= 11 is 6.84. The van der Waals surface area contributed by atoms with Gasteiger partial charge in [-0.3, -0.25) is 4.79 Å². The highest BCUT2D eigenvalue weighted by atomic mass is 79.9. The molecule has 0 saturated heterocycles. The third-order valence-corrected chi connectivity index (χ3v) is 5.09. The van der Waals surface area contributed by atoms with Crippen molar-refractivity contribution in [3.05, 3.63) is 32.7 Å². The Morgan fingerprint density at radius 3 is 2.38 bits per heavy atom. The van der Waals surface area contributed by atoms with Gasteiger partial charge in [0.1, 0.15) is 0 Å². The van der Waals surface area contributed by atoms with Crippen molar-refractivity contribution in [3.63, 3.8) is 0 Å². The minimum atomic E-state index is -0.0408. The number of carbonyl (C=O) groups excluding carboxylic acids is 1. The molecule has 118 valence electrons. The van der Waals surface area contributed by atoms with Gasteiger partial charge in [-0.1, -0.05) is 42.6 Å². The zero-order valence-corrected chi connectivity index (χ0v) is 16.3. The van der Waals surface area contributed by atoms with E-state index in [0.29, 0.717) is 24.1 Å². The molecule has 1 aromatic rings. The van der Waals surface area contributed by atoms with Crippen molar-refractivity contribution in [1.29, 1.82) is 0 Å². The van der Waals surface area contributed by atoms with Crippen LogP contribution in [0.5, 0.6) is 0 Å². The summed E-state index contributed by atoms with van der Waals surface area (Å²) in [6.07, 6.45) is 2.24. The SMILES string of the molecule is CCC(CC)C(CNC(=O)c1cc(Br)ccc1Br)N(C)C. The largest absolute Gasteiger partial charge is 0.350 e. The second-order valence-corrected chi connectivity index (χ2v) is 7.21. The van der Waals surface area contributed by atoms with Crippen molar-refractivity contribution >= 4 is 37.8 Å². The van der Waals surface area contributed by atoms with Crippen molar-refractivity contribution in [3.8, 4) is 0 Å². The van der Waals surface area contributed by atoms with Gasteiger partial charge in [0.2, 0.25) is 0 Å². The lowest BCUT2D eigenvalue weighted by Gasteiger charge is -2.31. The maximum absolute atomic E-state index is 12.4. The molecule has 1 unspecified atom stereocenters. The molecule has 3 nitrogen and oxygen atoms in total. The van der Waals surface area contributed by atoms with E-state index < -0.39 is 0 Å². The Hall–Kier alpha value is -0.390. The number of likely N-dealkylation sites (N-methyl/N-ethyl adjacent to an activating group) is 1. The predicted octanol–water partition coefficient (Wildman–Crippen LogP) is 4.31. The number of nitrogens with zero attached hydrogens (tertiary/aromatic N) is 1. The lowest BCUT2D eigenvalue weighted by molar-refractivity contribution is 0.0928. The Balaban J connectivity index is 2.75. The summed E-state index contributed by atoms with van der Waals surface area (Å²) in [4.78, 5) is 14.6. The van der Waals surface area contributed by atoms with Crippen LogP contribution in [0.3, 0.4) is 0 Å². The normalized spacial score (nSPS) is 12.8. The Morgan fingerprint density at radius 2 is 1.86 bits per heavy atom. The molecule has 1 amide bonds. The van der Waals surface area contributed by atoms with Crippen LogP contribution >= 0.6 is 31.9 Å². The minimum Gasteiger partial charge on any atom is -0.350 e. The Kier molecular flexibility index (Phi) is 7.92. The van der Waals surface area contributed by atoms with Gasteiger partial charge in [-0.05, 0) is 54.1 Å². The Morgan fingerprint density at radius 1 is 1.24 bits per heavy atom. The summed E-state index contributed by atoms with van der Waals surface area (Å²) in [5, 5.41) is 3.07. The lowest BCUT2D eigenvalue weighted by atomic mass is 9.93. The summed E-state index contributed by atoms with van der Waals surface area (Å²) in [5.74, 6) is 0.548. The molecule has 5 heteroatoms. The molecule has 1 aromatic carbocycles. The molecule has 21 heavy (non-hydrogen) atoms. The summed E-state index contributed by atoms with van der Waals surface area (Å²) < 4.78 is 1.71. The second kappa shape index (κ2) is 8.91. The number of amides is 1. The number of hydrogen-bond donors (Lipinski definition) is 1. The minimum absolute atomic E-state index is 0.0408. The molecule has 0 saturated carbocycles. The summed E-state index contributed by atoms with van der Waals surface area (Å²) in [5.41, 5.74) is 0.659. The number of halogens is 2. The molecular formula is C16H24Br2N2O. The summed E-state index contributed by atoms with van der Waals surface area (Å²) in [6.45, 7) is 5.08. The van der Waals surface area contributed by atoms with Crippen molar-refractivity contribution in [2.45, 2.75) is 32.7 Å². The smallest absolute Gasteiger partial charge is 0.252 e. The van der Waals surface area contributed by atoms with E-state index in [1.54, 1.807) is 0 Å². The predicted molar refractivity (Wildman–Crippen MR) is 95.7 cm³/mol. The van der Waals surface area contributed by atoms with Gasteiger partial charge in [0.15, 0.2) is 0 Å². The Bertz CT molecular complexity index is 473. The van der Waals surface area contributed by atoms with E-state index in [-0.39, 0.29) is 5.91 Å². The average molecular weight is 420 g/mol. The maximum atomic E-state index is 12.4. The van der Waals surface area contributed by atoms with Crippen molar-refractivity contribution in [1.82, 2.24) is 10.2 Å². The first-order valence-corrected chi connectivity index (χ1v) is 8.88. The van der Waals surface area contributed by atoms with Crippen LogP contribution in [-0.4, -0.2) is 37.5 Å². The van der Waals surface area contributed by atoms with E-state index in [2.05, 4.69) is 70.0 Å². The number of carbonyl (C=O) groups is 1. The zero-order valence-electron chi connectivity index (χ0n) is 13.1. The highest BCUT2D eigenvalue weighted by Crippen LogP contribution is 2.22. The van der Waals surface area contributed by atoms with Gasteiger partial charge in [0.25, 0.3) is 5.91 Å². The van der Waals surface area contributed by atoms with Gasteiger partial charge in [-0.15, -0.1) is 0 Å². The van der Waals surface area contributed by atoms with Crippen LogP contribution in [0.4, 0.5) is 0 Å². The summed E-state index contributed by atoms with van der Waals surface area (Å²) in [7, 11) is 4.15. The molecule has 1 rings (SSSR count). The van der Waals surface area contributed by atoms with Crippen molar-refractivity contribution in [2.75, 3.05) is 20.6 Å². The van der Waals surface area contributed by atoms with Crippen molar-refractivity contribution < 1.29 is 4.79 Å². The Labute approximate surface area is 144 Å². The monoisotopic (exact) mass is 418 g/mol. The van der Waals surface area contributed by atoms with Gasteiger partial charge in [0.05, 0.1) is 5.56 Å². The van der Waals surface area contributed by atoms with Crippen LogP contribution in [0, 0.1) is 5.92 Å². The maximum Gasteiger partial charge on any atom is 0.252 e. The van der Waals surface area contributed by atoms with Gasteiger partial charge in [-0.2, -0.15) is 0 Å². The number of nitrogens with one attached hydrogen (secondary N) is 1. The molecule has 1 atom stereocenters. The fraction of sp³-hybridized carbons (Fsp3) is 0.562. The van der Waals surface area contributed by atoms with Crippen LogP contribution in [0.2, 0.25) is 0 Å². The number of rotatable bonds is 7. The van der Waals surface area contributed by atoms with Crippen molar-refractivity contribution in [2.24, 2.45) is 5.92 Å². The molecule has 0 heterocycles. The first kappa shape index (κ1) is 18.7. The van der Waals surface area contributed by atoms with E-state index in [9.17, 15) is 4.79 Å². The fourth-order valence-electron chi connectivity index (χ4n) is 2.57. The van der Waals surface area contributed by atoms with E-state index in [0.717, 1.165) is 21.8 Å². The van der Waals surface area contributed by atoms with Crippen LogP contribution in [-0.2, 0) is 0 Å². The molecule has 0 radical (unpaired) electrons. The van der Waals surface area contributed by atoms with Gasteiger partial charge in [-0.25, -0.2) is 0 Å². The molecule has 0 aliphatic rings. The standard InChI is InChI=1S/C16H24Br2N2O/c1-5-11(6-2)15(20(3)4)10-19-16(21)13-9-12(17)7-8-14(13)18/h7-9,11,15H,5-6,10H2,1-4H3,(H,19,21). The first-order valence-electron chi connectivity index (χ1n) is 7.30. The van der Waals surface area contributed by atoms with Crippen LogP contribution in [0.1, 0.15) is 37.0 Å².